The summed E-state index contributed by atoms with van der Waals surface area (Å²) in [5.74, 6) is -1.46. The highest BCUT2D eigenvalue weighted by Gasteiger charge is 2.62. The fourth-order valence-corrected chi connectivity index (χ4v) is 4.79. The van der Waals surface area contributed by atoms with Crippen LogP contribution in [0, 0.1) is 5.41 Å². The number of carbonyl (C=O) groups is 2. The minimum absolute atomic E-state index is 0.0748. The molecule has 37 heavy (non-hydrogen) atoms. The van der Waals surface area contributed by atoms with Crippen LogP contribution in [0.5, 0.6) is 0 Å². The second-order valence-corrected chi connectivity index (χ2v) is 11.1. The minimum atomic E-state index is -4.93. The fraction of sp³-hybridized carbons (Fsp3) is 0.440. The molecule has 2 amide bonds. The molecule has 0 aliphatic carbocycles. The van der Waals surface area contributed by atoms with Gasteiger partial charge in [0.2, 0.25) is 11.8 Å². The molecular formula is C25H24Cl2F6N2O2. The SMILES string of the molecule is CC(C)(C)CC(=O)NCc1ccc(N2CC(c3cc(Cl)cc(Cl)c3)(C(F)(F)F)CC2=O)cc1C(F)(F)F. The van der Waals surface area contributed by atoms with Crippen LogP contribution >= 0.6 is 23.2 Å². The van der Waals surface area contributed by atoms with Gasteiger partial charge in [0.15, 0.2) is 0 Å². The molecule has 1 aliphatic heterocycles. The van der Waals surface area contributed by atoms with E-state index in [1.54, 1.807) is 20.8 Å². The molecule has 0 aromatic heterocycles. The average molecular weight is 569 g/mol. The highest BCUT2D eigenvalue weighted by Crippen LogP contribution is 2.50. The number of hydrogen-bond donors (Lipinski definition) is 1. The van der Waals surface area contributed by atoms with Crippen molar-refractivity contribution in [3.05, 3.63) is 63.1 Å². The van der Waals surface area contributed by atoms with Crippen LogP contribution in [0.1, 0.15) is 50.3 Å². The van der Waals surface area contributed by atoms with E-state index < -0.39 is 54.7 Å². The first-order valence-electron chi connectivity index (χ1n) is 11.1. The molecule has 12 heteroatoms. The van der Waals surface area contributed by atoms with E-state index in [1.807, 2.05) is 0 Å². The maximum absolute atomic E-state index is 14.4. The normalized spacial score (nSPS) is 18.9. The zero-order valence-corrected chi connectivity index (χ0v) is 21.6. The predicted octanol–water partition coefficient (Wildman–Crippen LogP) is 7.30. The lowest BCUT2D eigenvalue weighted by Gasteiger charge is -2.32. The Morgan fingerprint density at radius 2 is 1.59 bits per heavy atom. The number of anilines is 1. The monoisotopic (exact) mass is 568 g/mol. The van der Waals surface area contributed by atoms with Gasteiger partial charge in [-0.1, -0.05) is 50.0 Å². The molecule has 1 heterocycles. The molecule has 2 aromatic carbocycles. The average Bonchev–Trinajstić information content (AvgIpc) is 3.08. The van der Waals surface area contributed by atoms with Crippen molar-refractivity contribution in [3.63, 3.8) is 0 Å². The number of nitrogens with zero attached hydrogens (tertiary/aromatic N) is 1. The number of amides is 2. The van der Waals surface area contributed by atoms with E-state index in [2.05, 4.69) is 5.32 Å². The number of nitrogens with one attached hydrogen (secondary N) is 1. The van der Waals surface area contributed by atoms with Gasteiger partial charge >= 0.3 is 12.4 Å². The van der Waals surface area contributed by atoms with Gasteiger partial charge in [0.25, 0.3) is 0 Å². The van der Waals surface area contributed by atoms with Crippen LogP contribution in [0.4, 0.5) is 32.0 Å². The maximum Gasteiger partial charge on any atom is 0.416 e. The second-order valence-electron chi connectivity index (χ2n) is 10.2. The van der Waals surface area contributed by atoms with E-state index in [9.17, 15) is 35.9 Å². The Bertz CT molecular complexity index is 1190. The smallest absolute Gasteiger partial charge is 0.352 e. The Kier molecular flexibility index (Phi) is 7.88. The molecule has 3 rings (SSSR count). The van der Waals surface area contributed by atoms with Crippen molar-refractivity contribution in [2.24, 2.45) is 5.41 Å². The summed E-state index contributed by atoms with van der Waals surface area (Å²) in [7, 11) is 0. The van der Waals surface area contributed by atoms with Crippen molar-refractivity contribution in [3.8, 4) is 0 Å². The highest BCUT2D eigenvalue weighted by molar-refractivity contribution is 6.34. The van der Waals surface area contributed by atoms with Gasteiger partial charge in [-0.2, -0.15) is 26.3 Å². The molecule has 1 saturated heterocycles. The highest BCUT2D eigenvalue weighted by atomic mass is 35.5. The van der Waals surface area contributed by atoms with Gasteiger partial charge in [0.1, 0.15) is 5.41 Å². The zero-order valence-electron chi connectivity index (χ0n) is 20.1. The fourth-order valence-electron chi connectivity index (χ4n) is 4.27. The van der Waals surface area contributed by atoms with Crippen LogP contribution in [0.2, 0.25) is 10.0 Å². The molecule has 0 radical (unpaired) electrons. The van der Waals surface area contributed by atoms with Gasteiger partial charge in [-0.3, -0.25) is 9.59 Å². The summed E-state index contributed by atoms with van der Waals surface area (Å²) in [6.45, 7) is 4.01. The molecule has 1 atom stereocenters. The Labute approximate surface area is 219 Å². The van der Waals surface area contributed by atoms with E-state index in [0.717, 1.165) is 24.3 Å². The Hall–Kier alpha value is -2.46. The van der Waals surface area contributed by atoms with Gasteiger partial charge in [-0.05, 0) is 46.9 Å². The molecule has 1 fully saturated rings. The lowest BCUT2D eigenvalue weighted by Crippen LogP contribution is -2.45. The molecule has 2 aromatic rings. The lowest BCUT2D eigenvalue weighted by molar-refractivity contribution is -0.185. The van der Waals surface area contributed by atoms with Crippen molar-refractivity contribution in [1.29, 1.82) is 0 Å². The number of halogens is 8. The van der Waals surface area contributed by atoms with Gasteiger partial charge < -0.3 is 10.2 Å². The third-order valence-electron chi connectivity index (χ3n) is 6.02. The Morgan fingerprint density at radius 1 is 1.00 bits per heavy atom. The van der Waals surface area contributed by atoms with Crippen LogP contribution < -0.4 is 10.2 Å². The van der Waals surface area contributed by atoms with Gasteiger partial charge in [0, 0.05) is 41.7 Å². The molecule has 1 aliphatic rings. The second kappa shape index (κ2) is 10.0. The number of hydrogen-bond acceptors (Lipinski definition) is 2. The van der Waals surface area contributed by atoms with E-state index in [4.69, 9.17) is 23.2 Å². The summed E-state index contributed by atoms with van der Waals surface area (Å²) < 4.78 is 84.7. The van der Waals surface area contributed by atoms with Crippen molar-refractivity contribution in [2.75, 3.05) is 11.4 Å². The quantitative estimate of drug-likeness (QED) is 0.385. The Morgan fingerprint density at radius 3 is 2.11 bits per heavy atom. The lowest BCUT2D eigenvalue weighted by atomic mass is 9.79. The van der Waals surface area contributed by atoms with E-state index in [-0.39, 0.29) is 38.7 Å². The van der Waals surface area contributed by atoms with Crippen molar-refractivity contribution in [2.45, 2.75) is 57.9 Å². The van der Waals surface area contributed by atoms with Crippen molar-refractivity contribution < 1.29 is 35.9 Å². The summed E-state index contributed by atoms with van der Waals surface area (Å²) in [6.07, 6.45) is -10.8. The molecule has 0 bridgehead atoms. The third-order valence-corrected chi connectivity index (χ3v) is 6.45. The molecule has 0 spiro atoms. The van der Waals surface area contributed by atoms with Gasteiger partial charge in [-0.15, -0.1) is 0 Å². The van der Waals surface area contributed by atoms with Crippen LogP contribution in [-0.4, -0.2) is 24.5 Å². The number of benzene rings is 2. The molecule has 0 saturated carbocycles. The van der Waals surface area contributed by atoms with Crippen LogP contribution in [0.15, 0.2) is 36.4 Å². The molecule has 1 N–H and O–H groups in total. The Balaban J connectivity index is 1.98. The largest absolute Gasteiger partial charge is 0.416 e. The standard InChI is InChI=1S/C25H24Cl2F6N2O2/c1-22(2,3)10-20(36)34-12-14-4-5-18(9-19(14)24(28,29)30)35-13-23(11-21(35)37,25(31,32)33)15-6-16(26)8-17(27)7-15/h4-9H,10-13H2,1-3H3,(H,34,36). The summed E-state index contributed by atoms with van der Waals surface area (Å²) in [4.78, 5) is 25.6. The summed E-state index contributed by atoms with van der Waals surface area (Å²) in [5, 5.41) is 2.29. The van der Waals surface area contributed by atoms with Crippen molar-refractivity contribution >= 4 is 40.7 Å². The van der Waals surface area contributed by atoms with E-state index in [1.165, 1.54) is 6.07 Å². The van der Waals surface area contributed by atoms with Crippen molar-refractivity contribution in [1.82, 2.24) is 5.32 Å². The number of alkyl halides is 6. The zero-order chi connectivity index (χ0) is 28.0. The van der Waals surface area contributed by atoms with E-state index >= 15 is 0 Å². The topological polar surface area (TPSA) is 49.4 Å². The van der Waals surface area contributed by atoms with Gasteiger partial charge in [0.05, 0.1) is 5.56 Å². The first-order chi connectivity index (χ1) is 16.8. The molecule has 1 unspecified atom stereocenters. The van der Waals surface area contributed by atoms with Crippen LogP contribution in [0.3, 0.4) is 0 Å². The first kappa shape index (κ1) is 29.1. The number of rotatable bonds is 5. The van der Waals surface area contributed by atoms with E-state index in [0.29, 0.717) is 11.0 Å². The molecule has 202 valence electrons. The first-order valence-corrected chi connectivity index (χ1v) is 11.9. The summed E-state index contributed by atoms with van der Waals surface area (Å²) >= 11 is 11.8. The number of carbonyl (C=O) groups excluding carboxylic acids is 2. The predicted molar refractivity (Wildman–Crippen MR) is 129 cm³/mol. The summed E-state index contributed by atoms with van der Waals surface area (Å²) in [6, 6.07) is 6.13. The summed E-state index contributed by atoms with van der Waals surface area (Å²) in [5.41, 5.74) is -5.26. The molecular weight excluding hydrogens is 545 g/mol. The van der Waals surface area contributed by atoms with Crippen LogP contribution in [0.25, 0.3) is 0 Å². The molecule has 4 nitrogen and oxygen atoms in total. The maximum atomic E-state index is 14.4. The minimum Gasteiger partial charge on any atom is -0.352 e. The van der Waals surface area contributed by atoms with Gasteiger partial charge in [-0.25, -0.2) is 0 Å². The third kappa shape index (κ3) is 6.52. The van der Waals surface area contributed by atoms with Crippen LogP contribution in [-0.2, 0) is 27.7 Å².